The number of carbonyl (C=O) groups is 2. The number of allylic oxidation sites excluding steroid dienone is 2. The monoisotopic (exact) mass is 425 g/mol. The summed E-state index contributed by atoms with van der Waals surface area (Å²) in [5.74, 6) is -0.628. The highest BCUT2D eigenvalue weighted by atomic mass is 16.5. The molecule has 5 nitrogen and oxygen atoms in total. The first-order chi connectivity index (χ1) is 14.6. The standard InChI is InChI=1S/C26H35NO4/c1-7-8-13-30-21-12-10-9-11-18(21)23-22(25(29)31-16(2)3)17(4)27-19-14-26(5,6)15-20(28)24(19)23/h9-12,16,22-23H,7-8,13-15H2,1-6H3/t22-,23-/m1/s1. The molecule has 1 aliphatic carbocycles. The third-order valence-corrected chi connectivity index (χ3v) is 5.92. The molecule has 2 atom stereocenters. The maximum Gasteiger partial charge on any atom is 0.315 e. The second kappa shape index (κ2) is 9.37. The molecule has 1 aliphatic heterocycles. The lowest BCUT2D eigenvalue weighted by Gasteiger charge is -2.39. The van der Waals surface area contributed by atoms with Gasteiger partial charge in [-0.25, -0.2) is 0 Å². The highest BCUT2D eigenvalue weighted by Crippen LogP contribution is 2.49. The van der Waals surface area contributed by atoms with Crippen LogP contribution in [0.2, 0.25) is 0 Å². The zero-order valence-corrected chi connectivity index (χ0v) is 19.7. The van der Waals surface area contributed by atoms with Crippen LogP contribution in [-0.2, 0) is 14.3 Å². The summed E-state index contributed by atoms with van der Waals surface area (Å²) in [5, 5.41) is 0. The SMILES string of the molecule is CCCCOc1ccccc1[C@H]1C2=C(CC(C)(C)CC2=O)N=C(C)[C@H]1C(=O)OC(C)C. The number of ether oxygens (including phenoxy) is 2. The maximum atomic E-state index is 13.4. The van der Waals surface area contributed by atoms with Crippen LogP contribution in [0.1, 0.15) is 78.7 Å². The molecule has 0 unspecified atom stereocenters. The summed E-state index contributed by atoms with van der Waals surface area (Å²) < 4.78 is 11.7. The number of hydrogen-bond acceptors (Lipinski definition) is 5. The van der Waals surface area contributed by atoms with Crippen LogP contribution in [0.15, 0.2) is 40.5 Å². The molecule has 0 radical (unpaired) electrons. The van der Waals surface area contributed by atoms with Gasteiger partial charge in [0.25, 0.3) is 0 Å². The summed E-state index contributed by atoms with van der Waals surface area (Å²) in [4.78, 5) is 31.4. The van der Waals surface area contributed by atoms with Gasteiger partial charge in [-0.2, -0.15) is 0 Å². The molecule has 1 aromatic rings. The number of aliphatic imine (C=N–C) groups is 1. The van der Waals surface area contributed by atoms with Gasteiger partial charge in [0, 0.05) is 34.9 Å². The van der Waals surface area contributed by atoms with E-state index < -0.39 is 11.8 Å². The van der Waals surface area contributed by atoms with E-state index in [-0.39, 0.29) is 23.3 Å². The molecular formula is C26H35NO4. The first kappa shape index (κ1) is 23.2. The van der Waals surface area contributed by atoms with E-state index in [0.29, 0.717) is 30.7 Å². The summed E-state index contributed by atoms with van der Waals surface area (Å²) >= 11 is 0. The number of unbranched alkanes of at least 4 members (excludes halogenated alkanes) is 1. The number of benzene rings is 1. The molecule has 0 saturated heterocycles. The number of carbonyl (C=O) groups excluding carboxylic acids is 2. The Kier molecular flexibility index (Phi) is 7.03. The Labute approximate surface area is 185 Å². The van der Waals surface area contributed by atoms with Gasteiger partial charge in [-0.15, -0.1) is 0 Å². The van der Waals surface area contributed by atoms with E-state index in [1.165, 1.54) is 0 Å². The van der Waals surface area contributed by atoms with Crippen LogP contribution in [0.3, 0.4) is 0 Å². The van der Waals surface area contributed by atoms with E-state index in [1.54, 1.807) is 0 Å². The van der Waals surface area contributed by atoms with Crippen molar-refractivity contribution in [2.24, 2.45) is 16.3 Å². The summed E-state index contributed by atoms with van der Waals surface area (Å²) in [7, 11) is 0. The highest BCUT2D eigenvalue weighted by Gasteiger charge is 2.47. The minimum Gasteiger partial charge on any atom is -0.493 e. The highest BCUT2D eigenvalue weighted by molar-refractivity contribution is 6.09. The van der Waals surface area contributed by atoms with Crippen molar-refractivity contribution in [1.29, 1.82) is 0 Å². The van der Waals surface area contributed by atoms with Gasteiger partial charge in [0.15, 0.2) is 5.78 Å². The average molecular weight is 426 g/mol. The van der Waals surface area contributed by atoms with Crippen molar-refractivity contribution in [3.8, 4) is 5.75 Å². The van der Waals surface area contributed by atoms with Crippen molar-refractivity contribution in [1.82, 2.24) is 0 Å². The van der Waals surface area contributed by atoms with Crippen LogP contribution in [-0.4, -0.2) is 30.2 Å². The predicted molar refractivity (Wildman–Crippen MR) is 122 cm³/mol. The van der Waals surface area contributed by atoms with Crippen molar-refractivity contribution in [3.63, 3.8) is 0 Å². The molecule has 5 heteroatoms. The second-order valence-electron chi connectivity index (χ2n) is 9.74. The molecule has 0 N–H and O–H groups in total. The fourth-order valence-corrected chi connectivity index (χ4v) is 4.59. The van der Waals surface area contributed by atoms with Crippen LogP contribution in [0.4, 0.5) is 0 Å². The van der Waals surface area contributed by atoms with Crippen molar-refractivity contribution >= 4 is 17.5 Å². The number of rotatable bonds is 7. The summed E-state index contributed by atoms with van der Waals surface area (Å²) in [6, 6.07) is 7.76. The first-order valence-electron chi connectivity index (χ1n) is 11.4. The van der Waals surface area contributed by atoms with Crippen molar-refractivity contribution in [2.75, 3.05) is 6.61 Å². The normalized spacial score (nSPS) is 22.8. The molecule has 0 bridgehead atoms. The molecule has 3 rings (SSSR count). The fourth-order valence-electron chi connectivity index (χ4n) is 4.59. The van der Waals surface area contributed by atoms with Gasteiger partial charge in [-0.3, -0.25) is 14.6 Å². The zero-order chi connectivity index (χ0) is 22.8. The minimum atomic E-state index is -0.637. The Bertz CT molecular complexity index is 910. The van der Waals surface area contributed by atoms with E-state index in [9.17, 15) is 9.59 Å². The lowest BCUT2D eigenvalue weighted by atomic mass is 9.66. The van der Waals surface area contributed by atoms with Crippen LogP contribution in [0, 0.1) is 11.3 Å². The lowest BCUT2D eigenvalue weighted by Crippen LogP contribution is -2.40. The van der Waals surface area contributed by atoms with Crippen molar-refractivity contribution < 1.29 is 19.1 Å². The first-order valence-corrected chi connectivity index (χ1v) is 11.4. The Hall–Kier alpha value is -2.43. The molecule has 1 heterocycles. The molecule has 1 aromatic carbocycles. The number of Topliss-reactive ketones (excluding diaryl/α,β-unsaturated/α-hetero) is 1. The quantitative estimate of drug-likeness (QED) is 0.419. The Morgan fingerprint density at radius 1 is 1.23 bits per heavy atom. The third-order valence-electron chi connectivity index (χ3n) is 5.92. The summed E-state index contributed by atoms with van der Waals surface area (Å²) in [6.07, 6.45) is 2.89. The Morgan fingerprint density at radius 3 is 2.61 bits per heavy atom. The molecule has 168 valence electrons. The summed E-state index contributed by atoms with van der Waals surface area (Å²) in [6.45, 7) is 12.4. The van der Waals surface area contributed by atoms with E-state index in [4.69, 9.17) is 14.5 Å². The van der Waals surface area contributed by atoms with Crippen LogP contribution in [0.5, 0.6) is 5.75 Å². The van der Waals surface area contributed by atoms with Gasteiger partial charge in [0.05, 0.1) is 12.7 Å². The van der Waals surface area contributed by atoms with Crippen LogP contribution in [0.25, 0.3) is 0 Å². The summed E-state index contributed by atoms with van der Waals surface area (Å²) in [5.41, 5.74) is 2.87. The zero-order valence-electron chi connectivity index (χ0n) is 19.7. The van der Waals surface area contributed by atoms with Gasteiger partial charge in [-0.05, 0) is 45.1 Å². The smallest absolute Gasteiger partial charge is 0.315 e. The number of ketones is 1. The van der Waals surface area contributed by atoms with Gasteiger partial charge in [-0.1, -0.05) is 45.4 Å². The average Bonchev–Trinajstić information content (AvgIpc) is 2.65. The topological polar surface area (TPSA) is 65.0 Å². The third kappa shape index (κ3) is 5.08. The van der Waals surface area contributed by atoms with Gasteiger partial charge < -0.3 is 9.47 Å². The number of hydrogen-bond donors (Lipinski definition) is 0. The molecule has 0 saturated carbocycles. The number of esters is 1. The predicted octanol–water partition coefficient (Wildman–Crippen LogP) is 5.63. The molecule has 31 heavy (non-hydrogen) atoms. The minimum absolute atomic E-state index is 0.0678. The molecule has 2 aliphatic rings. The molecule has 0 aromatic heterocycles. The van der Waals surface area contributed by atoms with E-state index >= 15 is 0 Å². The molecular weight excluding hydrogens is 390 g/mol. The van der Waals surface area contributed by atoms with Crippen molar-refractivity contribution in [2.45, 2.75) is 79.2 Å². The second-order valence-corrected chi connectivity index (χ2v) is 9.74. The van der Waals surface area contributed by atoms with Gasteiger partial charge in [0.1, 0.15) is 11.7 Å². The van der Waals surface area contributed by atoms with E-state index in [1.807, 2.05) is 45.0 Å². The van der Waals surface area contributed by atoms with Crippen molar-refractivity contribution in [3.05, 3.63) is 41.1 Å². The molecule has 0 fully saturated rings. The van der Waals surface area contributed by atoms with Crippen LogP contribution >= 0.6 is 0 Å². The largest absolute Gasteiger partial charge is 0.493 e. The van der Waals surface area contributed by atoms with Gasteiger partial charge in [0.2, 0.25) is 0 Å². The number of nitrogens with zero attached hydrogens (tertiary/aromatic N) is 1. The van der Waals surface area contributed by atoms with Gasteiger partial charge >= 0.3 is 5.97 Å². The maximum absolute atomic E-state index is 13.4. The lowest BCUT2D eigenvalue weighted by molar-refractivity contribution is -0.150. The number of para-hydroxylation sites is 1. The van der Waals surface area contributed by atoms with E-state index in [0.717, 1.165) is 29.9 Å². The van der Waals surface area contributed by atoms with E-state index in [2.05, 4.69) is 20.8 Å². The fraction of sp³-hybridized carbons (Fsp3) is 0.577. The Balaban J connectivity index is 2.14. The molecule has 0 spiro atoms. The molecule has 0 amide bonds. The van der Waals surface area contributed by atoms with Crippen LogP contribution < -0.4 is 4.74 Å². The Morgan fingerprint density at radius 2 is 1.94 bits per heavy atom.